The van der Waals surface area contributed by atoms with E-state index < -0.39 is 0 Å². The Morgan fingerprint density at radius 1 is 0.944 bits per heavy atom. The quantitative estimate of drug-likeness (QED) is 0.905. The normalized spacial score (nSPS) is 12.4. The van der Waals surface area contributed by atoms with Gasteiger partial charge in [0.15, 0.2) is 0 Å². The highest BCUT2D eigenvalue weighted by molar-refractivity contribution is 9.10. The summed E-state index contributed by atoms with van der Waals surface area (Å²) < 4.78 is 14.0. The van der Waals surface area contributed by atoms with E-state index in [1.807, 2.05) is 24.3 Å². The van der Waals surface area contributed by atoms with Gasteiger partial charge in [-0.2, -0.15) is 0 Å². The van der Waals surface area contributed by atoms with Crippen LogP contribution in [0.15, 0.2) is 53.0 Å². The highest BCUT2D eigenvalue weighted by atomic mass is 79.9. The zero-order chi connectivity index (χ0) is 13.0. The molecular formula is C15H15BrFN. The van der Waals surface area contributed by atoms with Gasteiger partial charge in [-0.05, 0) is 48.4 Å². The molecule has 0 aromatic heterocycles. The predicted molar refractivity (Wildman–Crippen MR) is 76.1 cm³/mol. The summed E-state index contributed by atoms with van der Waals surface area (Å²) in [5.74, 6) is 0.0183. The van der Waals surface area contributed by atoms with Gasteiger partial charge in [-0.15, -0.1) is 0 Å². The van der Waals surface area contributed by atoms with E-state index in [1.54, 1.807) is 0 Å². The largest absolute Gasteiger partial charge is 0.330 e. The van der Waals surface area contributed by atoms with Crippen molar-refractivity contribution in [3.8, 4) is 0 Å². The molecule has 0 spiro atoms. The van der Waals surface area contributed by atoms with Crippen molar-refractivity contribution in [3.63, 3.8) is 0 Å². The lowest BCUT2D eigenvalue weighted by molar-refractivity contribution is 0.625. The van der Waals surface area contributed by atoms with Gasteiger partial charge in [-0.3, -0.25) is 0 Å². The average molecular weight is 308 g/mol. The van der Waals surface area contributed by atoms with Crippen molar-refractivity contribution >= 4 is 15.9 Å². The molecule has 0 saturated heterocycles. The fourth-order valence-electron chi connectivity index (χ4n) is 2.08. The minimum Gasteiger partial charge on any atom is -0.330 e. The first-order valence-corrected chi connectivity index (χ1v) is 6.71. The third-order valence-corrected chi connectivity index (χ3v) is 3.53. The van der Waals surface area contributed by atoms with Gasteiger partial charge in [0, 0.05) is 10.4 Å². The molecule has 0 aliphatic rings. The first-order valence-electron chi connectivity index (χ1n) is 5.91. The van der Waals surface area contributed by atoms with Crippen molar-refractivity contribution < 1.29 is 4.39 Å². The van der Waals surface area contributed by atoms with E-state index in [0.29, 0.717) is 6.54 Å². The molecule has 0 saturated carbocycles. The summed E-state index contributed by atoms with van der Waals surface area (Å²) >= 11 is 3.43. The molecule has 0 aliphatic heterocycles. The summed E-state index contributed by atoms with van der Waals surface area (Å²) in [6.07, 6.45) is 0.854. The Morgan fingerprint density at radius 3 is 1.94 bits per heavy atom. The van der Waals surface area contributed by atoms with Crippen molar-refractivity contribution in [2.24, 2.45) is 5.73 Å². The standard InChI is InChI=1S/C15H15BrFN/c16-13-5-1-11(2-6-13)15(9-10-18)12-3-7-14(17)8-4-12/h1-8,15H,9-10,18H2. The van der Waals surface area contributed by atoms with Crippen LogP contribution in [0.1, 0.15) is 23.5 Å². The van der Waals surface area contributed by atoms with E-state index in [0.717, 1.165) is 16.5 Å². The van der Waals surface area contributed by atoms with Gasteiger partial charge in [-0.25, -0.2) is 4.39 Å². The summed E-state index contributed by atoms with van der Waals surface area (Å²) in [7, 11) is 0. The lowest BCUT2D eigenvalue weighted by Gasteiger charge is -2.17. The van der Waals surface area contributed by atoms with Crippen molar-refractivity contribution in [2.75, 3.05) is 6.54 Å². The minimum atomic E-state index is -0.207. The SMILES string of the molecule is NCCC(c1ccc(F)cc1)c1ccc(Br)cc1. The molecule has 1 nitrogen and oxygen atoms in total. The van der Waals surface area contributed by atoms with Gasteiger partial charge in [0.25, 0.3) is 0 Å². The zero-order valence-electron chi connectivity index (χ0n) is 9.94. The van der Waals surface area contributed by atoms with Gasteiger partial charge in [0.2, 0.25) is 0 Å². The van der Waals surface area contributed by atoms with Crippen LogP contribution in [0.4, 0.5) is 4.39 Å². The molecule has 0 aliphatic carbocycles. The van der Waals surface area contributed by atoms with Gasteiger partial charge < -0.3 is 5.73 Å². The van der Waals surface area contributed by atoms with Crippen LogP contribution >= 0.6 is 15.9 Å². The number of rotatable bonds is 4. The molecular weight excluding hydrogens is 293 g/mol. The van der Waals surface area contributed by atoms with E-state index in [1.165, 1.54) is 17.7 Å². The molecule has 2 N–H and O–H groups in total. The van der Waals surface area contributed by atoms with Crippen molar-refractivity contribution in [1.29, 1.82) is 0 Å². The number of hydrogen-bond donors (Lipinski definition) is 1. The second-order valence-corrected chi connectivity index (χ2v) is 5.15. The smallest absolute Gasteiger partial charge is 0.123 e. The summed E-state index contributed by atoms with van der Waals surface area (Å²) in [5, 5.41) is 0. The van der Waals surface area contributed by atoms with Gasteiger partial charge in [0.05, 0.1) is 0 Å². The van der Waals surface area contributed by atoms with Crippen LogP contribution < -0.4 is 5.73 Å². The number of benzene rings is 2. The Kier molecular flexibility index (Phi) is 4.50. The Bertz CT molecular complexity index is 447. The van der Waals surface area contributed by atoms with Crippen LogP contribution in [0.3, 0.4) is 0 Å². The van der Waals surface area contributed by atoms with Crippen LogP contribution in [-0.2, 0) is 0 Å². The molecule has 0 amide bonds. The Morgan fingerprint density at radius 2 is 1.44 bits per heavy atom. The fraction of sp³-hybridized carbons (Fsp3) is 0.200. The Hall–Kier alpha value is -1.19. The summed E-state index contributed by atoms with van der Waals surface area (Å²) in [6.45, 7) is 0.609. The van der Waals surface area contributed by atoms with Crippen molar-refractivity contribution in [3.05, 3.63) is 69.9 Å². The zero-order valence-corrected chi connectivity index (χ0v) is 11.5. The summed E-state index contributed by atoms with van der Waals surface area (Å²) in [5.41, 5.74) is 7.99. The molecule has 2 rings (SSSR count). The lowest BCUT2D eigenvalue weighted by Crippen LogP contribution is -2.08. The Labute approximate surface area is 115 Å². The molecule has 0 radical (unpaired) electrons. The van der Waals surface area contributed by atoms with Crippen molar-refractivity contribution in [2.45, 2.75) is 12.3 Å². The van der Waals surface area contributed by atoms with E-state index in [9.17, 15) is 4.39 Å². The maximum absolute atomic E-state index is 13.0. The number of hydrogen-bond acceptors (Lipinski definition) is 1. The molecule has 0 bridgehead atoms. The van der Waals surface area contributed by atoms with E-state index in [2.05, 4.69) is 28.1 Å². The molecule has 18 heavy (non-hydrogen) atoms. The third-order valence-electron chi connectivity index (χ3n) is 3.00. The van der Waals surface area contributed by atoms with Crippen molar-refractivity contribution in [1.82, 2.24) is 0 Å². The number of halogens is 2. The molecule has 0 heterocycles. The van der Waals surface area contributed by atoms with E-state index >= 15 is 0 Å². The maximum Gasteiger partial charge on any atom is 0.123 e. The van der Waals surface area contributed by atoms with Gasteiger partial charge in [-0.1, -0.05) is 40.2 Å². The first kappa shape index (κ1) is 13.2. The average Bonchev–Trinajstić information content (AvgIpc) is 2.39. The summed E-state index contributed by atoms with van der Waals surface area (Å²) in [4.78, 5) is 0. The minimum absolute atomic E-state index is 0.207. The number of nitrogens with two attached hydrogens (primary N) is 1. The molecule has 2 aromatic carbocycles. The van der Waals surface area contributed by atoms with Crippen LogP contribution in [0.25, 0.3) is 0 Å². The van der Waals surface area contributed by atoms with Crippen LogP contribution in [0, 0.1) is 5.82 Å². The van der Waals surface area contributed by atoms with Gasteiger partial charge in [0.1, 0.15) is 5.82 Å². The maximum atomic E-state index is 13.0. The van der Waals surface area contributed by atoms with Crippen LogP contribution in [0.2, 0.25) is 0 Å². The topological polar surface area (TPSA) is 26.0 Å². The molecule has 2 aromatic rings. The summed E-state index contributed by atoms with van der Waals surface area (Å²) in [6, 6.07) is 14.8. The van der Waals surface area contributed by atoms with E-state index in [-0.39, 0.29) is 11.7 Å². The fourth-order valence-corrected chi connectivity index (χ4v) is 2.35. The Balaban J connectivity index is 2.33. The second-order valence-electron chi connectivity index (χ2n) is 4.23. The molecule has 1 atom stereocenters. The highest BCUT2D eigenvalue weighted by Crippen LogP contribution is 2.28. The third kappa shape index (κ3) is 3.18. The molecule has 1 unspecified atom stereocenters. The monoisotopic (exact) mass is 307 g/mol. The predicted octanol–water partition coefficient (Wildman–Crippen LogP) is 4.07. The molecule has 0 fully saturated rings. The van der Waals surface area contributed by atoms with Gasteiger partial charge >= 0.3 is 0 Å². The highest BCUT2D eigenvalue weighted by Gasteiger charge is 2.13. The van der Waals surface area contributed by atoms with E-state index in [4.69, 9.17) is 5.73 Å². The first-order chi connectivity index (χ1) is 8.70. The van der Waals surface area contributed by atoms with Crippen LogP contribution in [0.5, 0.6) is 0 Å². The molecule has 3 heteroatoms. The van der Waals surface area contributed by atoms with Crippen LogP contribution in [-0.4, -0.2) is 6.54 Å². The lowest BCUT2D eigenvalue weighted by atomic mass is 9.88. The second kappa shape index (κ2) is 6.12. The molecule has 94 valence electrons.